The van der Waals surface area contributed by atoms with Crippen molar-refractivity contribution < 1.29 is 26.7 Å². The number of carbonyl (C=O) groups excluding carboxylic acids is 1. The number of sulfone groups is 1. The molecule has 6 nitrogen and oxygen atoms in total. The standard InChI is InChI=1S/C26H22F2N2O4S/c1-3-30-25(19-8-14-22(15-9-19)35(2,32)33)24(18-6-12-21(28)13-7-18)26(29-30)34-16-23(31)17-4-10-20(27)11-5-17/h4-15H,3,16H2,1-2H3. The smallest absolute Gasteiger partial charge is 0.241 e. The van der Waals surface area contributed by atoms with Gasteiger partial charge in [-0.3, -0.25) is 9.48 Å². The van der Waals surface area contributed by atoms with Gasteiger partial charge in [0.1, 0.15) is 11.6 Å². The fourth-order valence-corrected chi connectivity index (χ4v) is 4.28. The lowest BCUT2D eigenvalue weighted by Gasteiger charge is -2.10. The summed E-state index contributed by atoms with van der Waals surface area (Å²) in [5.74, 6) is -1.06. The van der Waals surface area contributed by atoms with Crippen LogP contribution < -0.4 is 4.74 Å². The summed E-state index contributed by atoms with van der Waals surface area (Å²) in [6.07, 6.45) is 1.13. The van der Waals surface area contributed by atoms with E-state index in [0.29, 0.717) is 34.5 Å². The molecule has 9 heteroatoms. The van der Waals surface area contributed by atoms with E-state index in [4.69, 9.17) is 4.74 Å². The summed E-state index contributed by atoms with van der Waals surface area (Å²) < 4.78 is 58.1. The summed E-state index contributed by atoms with van der Waals surface area (Å²) in [6.45, 7) is 1.99. The highest BCUT2D eigenvalue weighted by atomic mass is 32.2. The van der Waals surface area contributed by atoms with Crippen LogP contribution in [0.1, 0.15) is 17.3 Å². The maximum atomic E-state index is 13.6. The number of ether oxygens (including phenoxy) is 1. The van der Waals surface area contributed by atoms with Crippen LogP contribution in [0.2, 0.25) is 0 Å². The number of hydrogen-bond donors (Lipinski definition) is 0. The number of halogens is 2. The molecule has 0 amide bonds. The topological polar surface area (TPSA) is 78.3 Å². The Labute approximate surface area is 201 Å². The minimum Gasteiger partial charge on any atom is -0.468 e. The first-order valence-corrected chi connectivity index (χ1v) is 12.7. The molecule has 0 fully saturated rings. The summed E-state index contributed by atoms with van der Waals surface area (Å²) in [4.78, 5) is 12.8. The van der Waals surface area contributed by atoms with Gasteiger partial charge in [-0.1, -0.05) is 24.3 Å². The zero-order valence-corrected chi connectivity index (χ0v) is 19.9. The van der Waals surface area contributed by atoms with Crippen molar-refractivity contribution in [1.82, 2.24) is 9.78 Å². The Morgan fingerprint density at radius 1 is 0.886 bits per heavy atom. The summed E-state index contributed by atoms with van der Waals surface area (Å²) in [5.41, 5.74) is 2.74. The highest BCUT2D eigenvalue weighted by Gasteiger charge is 2.23. The first kappa shape index (κ1) is 24.3. The van der Waals surface area contributed by atoms with E-state index in [1.807, 2.05) is 6.92 Å². The van der Waals surface area contributed by atoms with Gasteiger partial charge in [0, 0.05) is 23.9 Å². The van der Waals surface area contributed by atoms with Crippen LogP contribution in [0.15, 0.2) is 77.7 Å². The third-order valence-electron chi connectivity index (χ3n) is 5.41. The highest BCUT2D eigenvalue weighted by molar-refractivity contribution is 7.90. The molecule has 0 saturated heterocycles. The van der Waals surface area contributed by atoms with Gasteiger partial charge < -0.3 is 4.74 Å². The Hall–Kier alpha value is -3.85. The second-order valence-electron chi connectivity index (χ2n) is 7.87. The maximum Gasteiger partial charge on any atom is 0.241 e. The lowest BCUT2D eigenvalue weighted by Crippen LogP contribution is -2.12. The zero-order valence-electron chi connectivity index (χ0n) is 19.0. The van der Waals surface area contributed by atoms with Gasteiger partial charge in [-0.25, -0.2) is 17.2 Å². The average molecular weight is 497 g/mol. The van der Waals surface area contributed by atoms with Crippen LogP contribution in [-0.2, 0) is 16.4 Å². The summed E-state index contributed by atoms with van der Waals surface area (Å²) in [6, 6.07) is 17.3. The van der Waals surface area contributed by atoms with Gasteiger partial charge in [-0.15, -0.1) is 5.10 Å². The molecule has 35 heavy (non-hydrogen) atoms. The Kier molecular flexibility index (Phi) is 6.79. The second kappa shape index (κ2) is 9.79. The number of Topliss-reactive ketones (excluding diaryl/α,β-unsaturated/α-hetero) is 1. The van der Waals surface area contributed by atoms with Crippen molar-refractivity contribution in [3.8, 4) is 28.3 Å². The molecule has 0 aliphatic heterocycles. The molecule has 1 heterocycles. The van der Waals surface area contributed by atoms with Gasteiger partial charge in [0.15, 0.2) is 22.2 Å². The Morgan fingerprint density at radius 3 is 1.97 bits per heavy atom. The summed E-state index contributed by atoms with van der Waals surface area (Å²) in [5, 5.41) is 4.52. The van der Waals surface area contributed by atoms with Crippen molar-refractivity contribution in [1.29, 1.82) is 0 Å². The molecule has 4 rings (SSSR count). The maximum absolute atomic E-state index is 13.6. The van der Waals surface area contributed by atoms with E-state index in [1.165, 1.54) is 48.5 Å². The molecule has 0 aliphatic carbocycles. The van der Waals surface area contributed by atoms with Crippen LogP contribution in [0.25, 0.3) is 22.4 Å². The third kappa shape index (κ3) is 5.30. The highest BCUT2D eigenvalue weighted by Crippen LogP contribution is 2.39. The van der Waals surface area contributed by atoms with Gasteiger partial charge in [0.05, 0.1) is 16.2 Å². The number of ketones is 1. The molecule has 0 radical (unpaired) electrons. The van der Waals surface area contributed by atoms with Gasteiger partial charge in [0.25, 0.3) is 0 Å². The molecule has 0 bridgehead atoms. The minimum atomic E-state index is -3.38. The van der Waals surface area contributed by atoms with E-state index < -0.39 is 21.5 Å². The zero-order chi connectivity index (χ0) is 25.2. The summed E-state index contributed by atoms with van der Waals surface area (Å²) >= 11 is 0. The van der Waals surface area contributed by atoms with Crippen molar-refractivity contribution in [2.45, 2.75) is 18.4 Å². The molecule has 3 aromatic carbocycles. The van der Waals surface area contributed by atoms with Crippen LogP contribution in [0.4, 0.5) is 8.78 Å². The normalized spacial score (nSPS) is 11.4. The van der Waals surface area contributed by atoms with E-state index in [9.17, 15) is 22.0 Å². The van der Waals surface area contributed by atoms with E-state index >= 15 is 0 Å². The lowest BCUT2D eigenvalue weighted by molar-refractivity contribution is 0.0918. The number of hydrogen-bond acceptors (Lipinski definition) is 5. The summed E-state index contributed by atoms with van der Waals surface area (Å²) in [7, 11) is -3.38. The van der Waals surface area contributed by atoms with Crippen molar-refractivity contribution in [3.63, 3.8) is 0 Å². The van der Waals surface area contributed by atoms with E-state index in [-0.39, 0.29) is 23.2 Å². The molecule has 1 aromatic heterocycles. The Morgan fingerprint density at radius 2 is 1.43 bits per heavy atom. The van der Waals surface area contributed by atoms with Crippen molar-refractivity contribution >= 4 is 15.6 Å². The Bertz CT molecular complexity index is 1460. The molecule has 0 aliphatic rings. The average Bonchev–Trinajstić information content (AvgIpc) is 3.21. The van der Waals surface area contributed by atoms with Crippen molar-refractivity contribution in [2.75, 3.05) is 12.9 Å². The Balaban J connectivity index is 1.78. The lowest BCUT2D eigenvalue weighted by atomic mass is 10.0. The predicted molar refractivity (Wildman–Crippen MR) is 128 cm³/mol. The quantitative estimate of drug-likeness (QED) is 0.314. The molecular weight excluding hydrogens is 474 g/mol. The number of rotatable bonds is 8. The molecule has 180 valence electrons. The molecule has 0 atom stereocenters. The van der Waals surface area contributed by atoms with E-state index in [0.717, 1.165) is 6.26 Å². The first-order valence-electron chi connectivity index (χ1n) is 10.8. The number of aryl methyl sites for hydroxylation is 1. The minimum absolute atomic E-state index is 0.163. The van der Waals surface area contributed by atoms with Gasteiger partial charge in [0.2, 0.25) is 5.88 Å². The van der Waals surface area contributed by atoms with Crippen LogP contribution >= 0.6 is 0 Å². The van der Waals surface area contributed by atoms with Gasteiger partial charge in [-0.2, -0.15) is 0 Å². The van der Waals surface area contributed by atoms with E-state index in [1.54, 1.807) is 28.9 Å². The predicted octanol–water partition coefficient (Wildman–Crippen LogP) is 5.18. The molecule has 4 aromatic rings. The van der Waals surface area contributed by atoms with Crippen molar-refractivity contribution in [3.05, 3.63) is 90.0 Å². The fourth-order valence-electron chi connectivity index (χ4n) is 3.65. The van der Waals surface area contributed by atoms with Crippen LogP contribution in [0, 0.1) is 11.6 Å². The molecule has 0 spiro atoms. The van der Waals surface area contributed by atoms with Crippen LogP contribution in [-0.4, -0.2) is 36.8 Å². The molecule has 0 saturated carbocycles. The fraction of sp³-hybridized carbons (Fsp3) is 0.154. The van der Waals surface area contributed by atoms with Crippen molar-refractivity contribution in [2.24, 2.45) is 0 Å². The number of carbonyl (C=O) groups is 1. The number of benzene rings is 3. The monoisotopic (exact) mass is 496 g/mol. The number of nitrogens with zero attached hydrogens (tertiary/aromatic N) is 2. The molecular formula is C26H22F2N2O4S. The van der Waals surface area contributed by atoms with Crippen LogP contribution in [0.3, 0.4) is 0 Å². The second-order valence-corrected chi connectivity index (χ2v) is 9.88. The first-order chi connectivity index (χ1) is 16.7. The largest absolute Gasteiger partial charge is 0.468 e. The molecule has 0 unspecified atom stereocenters. The SMILES string of the molecule is CCn1nc(OCC(=O)c2ccc(F)cc2)c(-c2ccc(F)cc2)c1-c1ccc(S(C)(=O)=O)cc1. The van der Waals surface area contributed by atoms with Gasteiger partial charge in [-0.05, 0) is 61.0 Å². The van der Waals surface area contributed by atoms with E-state index in [2.05, 4.69) is 5.10 Å². The third-order valence-corrected chi connectivity index (χ3v) is 6.54. The number of aromatic nitrogens is 2. The molecule has 0 N–H and O–H groups in total. The van der Waals surface area contributed by atoms with Gasteiger partial charge >= 0.3 is 0 Å². The van der Waals surface area contributed by atoms with Crippen LogP contribution in [0.5, 0.6) is 5.88 Å².